The molecule has 0 atom stereocenters. The number of hydrogen-bond donors (Lipinski definition) is 0. The first-order chi connectivity index (χ1) is 4.34. The lowest BCUT2D eigenvalue weighted by atomic mass is 10.4. The van der Waals surface area contributed by atoms with Gasteiger partial charge in [0.15, 0.2) is 0 Å². The fourth-order valence-electron chi connectivity index (χ4n) is 0.722. The van der Waals surface area contributed by atoms with Crippen molar-refractivity contribution in [1.82, 2.24) is 9.55 Å². The SMILES string of the molecule is Cn1cncc1CCBr. The Balaban J connectivity index is 2.69. The highest BCUT2D eigenvalue weighted by atomic mass is 79.9. The van der Waals surface area contributed by atoms with Gasteiger partial charge < -0.3 is 4.57 Å². The average Bonchev–Trinajstić information content (AvgIpc) is 2.18. The van der Waals surface area contributed by atoms with E-state index in [1.807, 2.05) is 24.1 Å². The van der Waals surface area contributed by atoms with Crippen LogP contribution in [0.2, 0.25) is 0 Å². The van der Waals surface area contributed by atoms with E-state index in [4.69, 9.17) is 0 Å². The molecule has 0 bridgehead atoms. The maximum Gasteiger partial charge on any atom is 0.0945 e. The first-order valence-electron chi connectivity index (χ1n) is 2.85. The molecule has 1 rings (SSSR count). The molecule has 0 unspecified atom stereocenters. The summed E-state index contributed by atoms with van der Waals surface area (Å²) in [7, 11) is 2.00. The first kappa shape index (κ1) is 6.81. The van der Waals surface area contributed by atoms with Gasteiger partial charge in [0.25, 0.3) is 0 Å². The molecule has 1 aromatic heterocycles. The monoisotopic (exact) mass is 188 g/mol. The number of rotatable bonds is 2. The molecule has 2 nitrogen and oxygen atoms in total. The van der Waals surface area contributed by atoms with Crippen LogP contribution in [0.25, 0.3) is 0 Å². The number of aromatic nitrogens is 2. The molecule has 0 N–H and O–H groups in total. The molecule has 0 radical (unpaired) electrons. The smallest absolute Gasteiger partial charge is 0.0945 e. The lowest BCUT2D eigenvalue weighted by Gasteiger charge is -1.95. The molecule has 1 heterocycles. The predicted molar refractivity (Wildman–Crippen MR) is 40.7 cm³/mol. The molecule has 0 spiro atoms. The molecular weight excluding hydrogens is 180 g/mol. The van der Waals surface area contributed by atoms with Gasteiger partial charge in [-0.25, -0.2) is 4.98 Å². The van der Waals surface area contributed by atoms with Crippen LogP contribution in [0.15, 0.2) is 12.5 Å². The fraction of sp³-hybridized carbons (Fsp3) is 0.500. The molecule has 1 aromatic rings. The van der Waals surface area contributed by atoms with Crippen LogP contribution in [-0.4, -0.2) is 14.9 Å². The van der Waals surface area contributed by atoms with Crippen LogP contribution in [-0.2, 0) is 13.5 Å². The van der Waals surface area contributed by atoms with Crippen molar-refractivity contribution < 1.29 is 0 Å². The van der Waals surface area contributed by atoms with E-state index >= 15 is 0 Å². The molecule has 0 saturated carbocycles. The predicted octanol–water partition coefficient (Wildman–Crippen LogP) is 1.36. The van der Waals surface area contributed by atoms with Crippen molar-refractivity contribution in [3.05, 3.63) is 18.2 Å². The Morgan fingerprint density at radius 2 is 2.56 bits per heavy atom. The second-order valence-electron chi connectivity index (χ2n) is 1.93. The molecule has 0 amide bonds. The van der Waals surface area contributed by atoms with Crippen molar-refractivity contribution in [2.24, 2.45) is 7.05 Å². The molecule has 0 aliphatic carbocycles. The lowest BCUT2D eigenvalue weighted by Crippen LogP contribution is -1.94. The number of hydrogen-bond acceptors (Lipinski definition) is 1. The van der Waals surface area contributed by atoms with Gasteiger partial charge in [0.05, 0.1) is 6.33 Å². The van der Waals surface area contributed by atoms with Crippen LogP contribution >= 0.6 is 15.9 Å². The van der Waals surface area contributed by atoms with E-state index < -0.39 is 0 Å². The standard InChI is InChI=1S/C6H9BrN2/c1-9-5-8-4-6(9)2-3-7/h4-5H,2-3H2,1H3. The third-order valence-corrected chi connectivity index (χ3v) is 1.66. The first-order valence-corrected chi connectivity index (χ1v) is 3.98. The molecule has 0 aromatic carbocycles. The van der Waals surface area contributed by atoms with Crippen LogP contribution in [0.1, 0.15) is 5.69 Å². The molecule has 0 fully saturated rings. The second kappa shape index (κ2) is 3.01. The van der Waals surface area contributed by atoms with E-state index in [9.17, 15) is 0 Å². The van der Waals surface area contributed by atoms with Crippen molar-refractivity contribution >= 4 is 15.9 Å². The van der Waals surface area contributed by atoms with Crippen molar-refractivity contribution in [2.75, 3.05) is 5.33 Å². The molecular formula is C6H9BrN2. The van der Waals surface area contributed by atoms with Gasteiger partial charge in [-0.1, -0.05) is 15.9 Å². The highest BCUT2D eigenvalue weighted by Crippen LogP contribution is 1.98. The number of aryl methyl sites for hydroxylation is 2. The Morgan fingerprint density at radius 3 is 3.00 bits per heavy atom. The van der Waals surface area contributed by atoms with Crippen molar-refractivity contribution in [1.29, 1.82) is 0 Å². The van der Waals surface area contributed by atoms with E-state index in [0.29, 0.717) is 0 Å². The third kappa shape index (κ3) is 1.55. The fourth-order valence-corrected chi connectivity index (χ4v) is 1.13. The number of halogens is 1. The molecule has 0 saturated heterocycles. The summed E-state index contributed by atoms with van der Waals surface area (Å²) in [5.74, 6) is 0. The van der Waals surface area contributed by atoms with Crippen molar-refractivity contribution in [3.8, 4) is 0 Å². The van der Waals surface area contributed by atoms with Gasteiger partial charge in [-0.15, -0.1) is 0 Å². The molecule has 0 aliphatic rings. The van der Waals surface area contributed by atoms with Crippen LogP contribution in [0.3, 0.4) is 0 Å². The third-order valence-electron chi connectivity index (χ3n) is 1.27. The second-order valence-corrected chi connectivity index (χ2v) is 2.73. The van der Waals surface area contributed by atoms with E-state index in [1.54, 1.807) is 0 Å². The minimum absolute atomic E-state index is 1.01. The van der Waals surface area contributed by atoms with Crippen molar-refractivity contribution in [2.45, 2.75) is 6.42 Å². The summed E-state index contributed by atoms with van der Waals surface area (Å²) in [4.78, 5) is 3.98. The van der Waals surface area contributed by atoms with Gasteiger partial charge in [-0.2, -0.15) is 0 Å². The number of alkyl halides is 1. The number of nitrogens with zero attached hydrogens (tertiary/aromatic N) is 2. The van der Waals surface area contributed by atoms with E-state index in [1.165, 1.54) is 5.69 Å². The molecule has 0 aliphatic heterocycles. The van der Waals surface area contributed by atoms with Crippen LogP contribution in [0.5, 0.6) is 0 Å². The highest BCUT2D eigenvalue weighted by Gasteiger charge is 1.93. The Bertz CT molecular complexity index is 183. The zero-order chi connectivity index (χ0) is 6.69. The summed E-state index contributed by atoms with van der Waals surface area (Å²) in [5, 5.41) is 1.01. The Morgan fingerprint density at radius 1 is 1.78 bits per heavy atom. The molecule has 50 valence electrons. The Labute approximate surface area is 63.0 Å². The topological polar surface area (TPSA) is 17.8 Å². The van der Waals surface area contributed by atoms with E-state index in [0.717, 1.165) is 11.8 Å². The van der Waals surface area contributed by atoms with Gasteiger partial charge >= 0.3 is 0 Å². The van der Waals surface area contributed by atoms with Crippen molar-refractivity contribution in [3.63, 3.8) is 0 Å². The van der Waals surface area contributed by atoms with Gasteiger partial charge in [-0.05, 0) is 6.42 Å². The van der Waals surface area contributed by atoms with E-state index in [2.05, 4.69) is 20.9 Å². The zero-order valence-electron chi connectivity index (χ0n) is 5.34. The summed E-state index contributed by atoms with van der Waals surface area (Å²) in [6.07, 6.45) is 4.76. The summed E-state index contributed by atoms with van der Waals surface area (Å²) in [6, 6.07) is 0. The van der Waals surface area contributed by atoms with Gasteiger partial charge in [0.1, 0.15) is 0 Å². The maximum absolute atomic E-state index is 3.98. The largest absolute Gasteiger partial charge is 0.338 e. The Kier molecular flexibility index (Phi) is 2.28. The summed E-state index contributed by atoms with van der Waals surface area (Å²) >= 11 is 3.36. The van der Waals surface area contributed by atoms with Gasteiger partial charge in [-0.3, -0.25) is 0 Å². The summed E-state index contributed by atoms with van der Waals surface area (Å²) in [5.41, 5.74) is 1.27. The van der Waals surface area contributed by atoms with E-state index in [-0.39, 0.29) is 0 Å². The van der Waals surface area contributed by atoms with Gasteiger partial charge in [0, 0.05) is 24.3 Å². The highest BCUT2D eigenvalue weighted by molar-refractivity contribution is 9.09. The minimum atomic E-state index is 1.01. The molecule has 3 heteroatoms. The minimum Gasteiger partial charge on any atom is -0.338 e. The Hall–Kier alpha value is -0.310. The lowest BCUT2D eigenvalue weighted by molar-refractivity contribution is 0.838. The quantitative estimate of drug-likeness (QED) is 0.642. The van der Waals surface area contributed by atoms with Gasteiger partial charge in [0.2, 0.25) is 0 Å². The van der Waals surface area contributed by atoms with Crippen LogP contribution in [0.4, 0.5) is 0 Å². The summed E-state index contributed by atoms with van der Waals surface area (Å²) < 4.78 is 2.03. The van der Waals surface area contributed by atoms with Crippen LogP contribution < -0.4 is 0 Å². The zero-order valence-corrected chi connectivity index (χ0v) is 6.93. The maximum atomic E-state index is 3.98. The average molecular weight is 189 g/mol. The molecule has 9 heavy (non-hydrogen) atoms. The van der Waals surface area contributed by atoms with Crippen LogP contribution in [0, 0.1) is 0 Å². The normalized spacial score (nSPS) is 10.0. The summed E-state index contributed by atoms with van der Waals surface area (Å²) in [6.45, 7) is 0. The number of imidazole rings is 1.